The van der Waals surface area contributed by atoms with Gasteiger partial charge in [0.25, 0.3) is 5.69 Å². The van der Waals surface area contributed by atoms with E-state index in [2.05, 4.69) is 5.32 Å². The van der Waals surface area contributed by atoms with Crippen molar-refractivity contribution in [3.05, 3.63) is 68.4 Å². The molecular formula is C22H21ClN2O5. The summed E-state index contributed by atoms with van der Waals surface area (Å²) >= 11 is 5.81. The van der Waals surface area contributed by atoms with Gasteiger partial charge in [0.2, 0.25) is 5.91 Å². The van der Waals surface area contributed by atoms with Gasteiger partial charge in [-0.1, -0.05) is 11.6 Å². The van der Waals surface area contributed by atoms with E-state index in [1.807, 2.05) is 32.9 Å². The molecule has 30 heavy (non-hydrogen) atoms. The number of benzene rings is 2. The molecule has 0 fully saturated rings. The summed E-state index contributed by atoms with van der Waals surface area (Å²) in [5.41, 5.74) is 3.21. The number of furan rings is 1. The average Bonchev–Trinajstić information content (AvgIpc) is 2.95. The molecule has 0 saturated carbocycles. The number of rotatable bonds is 6. The van der Waals surface area contributed by atoms with Crippen molar-refractivity contribution in [2.24, 2.45) is 0 Å². The molecule has 0 atom stereocenters. The van der Waals surface area contributed by atoms with Crippen LogP contribution in [0, 0.1) is 24.0 Å². The number of hydrogen-bond acceptors (Lipinski definition) is 5. The van der Waals surface area contributed by atoms with E-state index in [1.54, 1.807) is 6.92 Å². The molecule has 2 aromatic carbocycles. The Balaban J connectivity index is 1.94. The molecule has 0 radical (unpaired) electrons. The van der Waals surface area contributed by atoms with Crippen molar-refractivity contribution in [2.45, 2.75) is 27.7 Å². The second kappa shape index (κ2) is 8.59. The van der Waals surface area contributed by atoms with Crippen LogP contribution in [0.2, 0.25) is 5.02 Å². The summed E-state index contributed by atoms with van der Waals surface area (Å²) < 4.78 is 11.5. The number of amides is 1. The van der Waals surface area contributed by atoms with Crippen molar-refractivity contribution in [1.82, 2.24) is 0 Å². The number of allylic oxidation sites excluding steroid dienone is 1. The first-order chi connectivity index (χ1) is 14.2. The van der Waals surface area contributed by atoms with E-state index in [-0.39, 0.29) is 16.4 Å². The fraction of sp³-hybridized carbons (Fsp3) is 0.227. The van der Waals surface area contributed by atoms with Crippen LogP contribution in [0.15, 0.2) is 40.8 Å². The van der Waals surface area contributed by atoms with Crippen LogP contribution >= 0.6 is 11.6 Å². The van der Waals surface area contributed by atoms with E-state index < -0.39 is 10.8 Å². The average molecular weight is 429 g/mol. The highest BCUT2D eigenvalue weighted by Crippen LogP contribution is 2.35. The summed E-state index contributed by atoms with van der Waals surface area (Å²) in [5.74, 6) is 1.02. The highest BCUT2D eigenvalue weighted by Gasteiger charge is 2.16. The van der Waals surface area contributed by atoms with Crippen molar-refractivity contribution < 1.29 is 18.9 Å². The lowest BCUT2D eigenvalue weighted by Gasteiger charge is -2.11. The molecule has 0 saturated heterocycles. The third kappa shape index (κ3) is 4.31. The fourth-order valence-corrected chi connectivity index (χ4v) is 3.32. The van der Waals surface area contributed by atoms with Gasteiger partial charge >= 0.3 is 0 Å². The van der Waals surface area contributed by atoms with Crippen LogP contribution < -0.4 is 10.1 Å². The van der Waals surface area contributed by atoms with Crippen molar-refractivity contribution >= 4 is 45.4 Å². The van der Waals surface area contributed by atoms with Gasteiger partial charge in [0.05, 0.1) is 11.5 Å². The summed E-state index contributed by atoms with van der Waals surface area (Å²) in [6.07, 6.45) is 1.42. The Hall–Kier alpha value is -3.32. The third-order valence-corrected chi connectivity index (χ3v) is 5.08. The Labute approximate surface area is 178 Å². The monoisotopic (exact) mass is 428 g/mol. The van der Waals surface area contributed by atoms with Gasteiger partial charge in [0.15, 0.2) is 0 Å². The van der Waals surface area contributed by atoms with Crippen LogP contribution in [0.1, 0.15) is 30.7 Å². The fourth-order valence-electron chi connectivity index (χ4n) is 3.14. The molecule has 3 rings (SSSR count). The zero-order chi connectivity index (χ0) is 22.0. The number of fused-ring (bicyclic) bond motifs is 1. The first kappa shape index (κ1) is 21.4. The Bertz CT molecular complexity index is 1180. The normalized spacial score (nSPS) is 11.6. The van der Waals surface area contributed by atoms with Crippen molar-refractivity contribution in [3.8, 4) is 5.75 Å². The van der Waals surface area contributed by atoms with Gasteiger partial charge in [-0.05, 0) is 57.0 Å². The predicted octanol–water partition coefficient (Wildman–Crippen LogP) is 6.05. The van der Waals surface area contributed by atoms with Gasteiger partial charge in [-0.3, -0.25) is 14.9 Å². The Morgan fingerprint density at radius 1 is 1.30 bits per heavy atom. The van der Waals surface area contributed by atoms with Gasteiger partial charge in [0, 0.05) is 34.8 Å². The third-order valence-electron chi connectivity index (χ3n) is 4.76. The summed E-state index contributed by atoms with van der Waals surface area (Å²) in [7, 11) is 0. The van der Waals surface area contributed by atoms with Crippen molar-refractivity contribution in [1.29, 1.82) is 0 Å². The second-order valence-corrected chi connectivity index (χ2v) is 7.21. The van der Waals surface area contributed by atoms with Gasteiger partial charge in [-0.25, -0.2) is 0 Å². The number of carbonyl (C=O) groups is 1. The van der Waals surface area contributed by atoms with Crippen LogP contribution in [0.3, 0.4) is 0 Å². The lowest BCUT2D eigenvalue weighted by atomic mass is 10.0. The Morgan fingerprint density at radius 2 is 2.03 bits per heavy atom. The standard InChI is InChI=1S/C22H21ClN2O5/c1-5-29-20-11-21-17(13(3)14(4)30-21)10-16(20)12(2)8-22(26)24-15-6-7-18(23)19(9-15)25(27)28/h6-11H,5H2,1-4H3,(H,24,26)/b12-8+. The maximum atomic E-state index is 12.5. The zero-order valence-electron chi connectivity index (χ0n) is 17.0. The van der Waals surface area contributed by atoms with Gasteiger partial charge in [-0.2, -0.15) is 0 Å². The molecule has 8 heteroatoms. The molecule has 1 N–H and O–H groups in total. The molecule has 1 aromatic heterocycles. The van der Waals surface area contributed by atoms with Crippen LogP contribution in [-0.4, -0.2) is 17.4 Å². The van der Waals surface area contributed by atoms with E-state index in [1.165, 1.54) is 24.3 Å². The smallest absolute Gasteiger partial charge is 0.289 e. The van der Waals surface area contributed by atoms with Gasteiger partial charge in [0.1, 0.15) is 22.1 Å². The van der Waals surface area contributed by atoms with Crippen LogP contribution in [-0.2, 0) is 4.79 Å². The largest absolute Gasteiger partial charge is 0.493 e. The minimum Gasteiger partial charge on any atom is -0.493 e. The predicted molar refractivity (Wildman–Crippen MR) is 117 cm³/mol. The van der Waals surface area contributed by atoms with E-state index in [0.717, 1.165) is 27.9 Å². The van der Waals surface area contributed by atoms with Crippen molar-refractivity contribution in [3.63, 3.8) is 0 Å². The maximum Gasteiger partial charge on any atom is 0.289 e. The van der Waals surface area contributed by atoms with E-state index >= 15 is 0 Å². The molecule has 0 bridgehead atoms. The molecule has 0 aliphatic rings. The molecule has 7 nitrogen and oxygen atoms in total. The number of carbonyl (C=O) groups excluding carboxylic acids is 1. The first-order valence-corrected chi connectivity index (χ1v) is 9.69. The lowest BCUT2D eigenvalue weighted by Crippen LogP contribution is -2.09. The molecule has 0 aliphatic heterocycles. The topological polar surface area (TPSA) is 94.6 Å². The number of aryl methyl sites for hydroxylation is 2. The zero-order valence-corrected chi connectivity index (χ0v) is 17.8. The summed E-state index contributed by atoms with van der Waals surface area (Å²) in [4.78, 5) is 22.9. The van der Waals surface area contributed by atoms with Gasteiger partial charge < -0.3 is 14.5 Å². The molecular weight excluding hydrogens is 408 g/mol. The molecule has 1 heterocycles. The number of nitro benzene ring substituents is 1. The molecule has 0 spiro atoms. The molecule has 0 aliphatic carbocycles. The van der Waals surface area contributed by atoms with Crippen LogP contribution in [0.5, 0.6) is 5.75 Å². The lowest BCUT2D eigenvalue weighted by molar-refractivity contribution is -0.384. The number of anilines is 1. The number of nitro groups is 1. The summed E-state index contributed by atoms with van der Waals surface area (Å²) in [6, 6.07) is 7.87. The first-order valence-electron chi connectivity index (χ1n) is 9.31. The minimum absolute atomic E-state index is 0.00477. The number of ether oxygens (including phenoxy) is 1. The number of hydrogen-bond donors (Lipinski definition) is 1. The highest BCUT2D eigenvalue weighted by molar-refractivity contribution is 6.32. The maximum absolute atomic E-state index is 12.5. The van der Waals surface area contributed by atoms with E-state index in [4.69, 9.17) is 20.8 Å². The summed E-state index contributed by atoms with van der Waals surface area (Å²) in [5, 5.41) is 14.6. The summed E-state index contributed by atoms with van der Waals surface area (Å²) in [6.45, 7) is 8.02. The minimum atomic E-state index is -0.599. The van der Waals surface area contributed by atoms with E-state index in [9.17, 15) is 14.9 Å². The number of nitrogens with zero attached hydrogens (tertiary/aromatic N) is 1. The Kier molecular flexibility index (Phi) is 6.12. The van der Waals surface area contributed by atoms with E-state index in [0.29, 0.717) is 17.9 Å². The van der Waals surface area contributed by atoms with Crippen LogP contribution in [0.25, 0.3) is 16.5 Å². The molecule has 3 aromatic rings. The molecule has 1 amide bonds. The number of nitrogens with one attached hydrogen (secondary N) is 1. The SMILES string of the molecule is CCOc1cc2oc(C)c(C)c2cc1/C(C)=C/C(=O)Nc1ccc(Cl)c([N+](=O)[O-])c1. The molecule has 0 unspecified atom stereocenters. The highest BCUT2D eigenvalue weighted by atomic mass is 35.5. The molecule has 156 valence electrons. The number of halogens is 1. The van der Waals surface area contributed by atoms with Gasteiger partial charge in [-0.15, -0.1) is 0 Å². The van der Waals surface area contributed by atoms with Crippen LogP contribution in [0.4, 0.5) is 11.4 Å². The second-order valence-electron chi connectivity index (χ2n) is 6.80. The van der Waals surface area contributed by atoms with Crippen molar-refractivity contribution in [2.75, 3.05) is 11.9 Å². The quantitative estimate of drug-likeness (QED) is 0.293. The Morgan fingerprint density at radius 3 is 2.70 bits per heavy atom.